The van der Waals surface area contributed by atoms with Gasteiger partial charge in [0, 0.05) is 12.6 Å². The van der Waals surface area contributed by atoms with Crippen molar-refractivity contribution in [2.75, 3.05) is 13.2 Å². The van der Waals surface area contributed by atoms with Crippen LogP contribution in [0.25, 0.3) is 0 Å². The molecule has 0 aromatic carbocycles. The van der Waals surface area contributed by atoms with Gasteiger partial charge in [0.2, 0.25) is 0 Å². The van der Waals surface area contributed by atoms with Gasteiger partial charge in [-0.15, -0.1) is 0 Å². The average Bonchev–Trinajstić information content (AvgIpc) is 2.87. The van der Waals surface area contributed by atoms with E-state index in [2.05, 4.69) is 11.9 Å². The minimum absolute atomic E-state index is 0.521. The Morgan fingerprint density at radius 3 is 2.57 bits per heavy atom. The van der Waals surface area contributed by atoms with Crippen molar-refractivity contribution in [2.45, 2.75) is 50.7 Å². The molecule has 2 saturated carbocycles. The van der Waals surface area contributed by atoms with E-state index in [1.165, 1.54) is 44.1 Å². The van der Waals surface area contributed by atoms with E-state index < -0.39 is 0 Å². The summed E-state index contributed by atoms with van der Waals surface area (Å²) in [5, 5.41) is 3.45. The molecule has 0 radical (unpaired) electrons. The molecule has 0 heterocycles. The SMILES string of the molecule is C=C(CNC1CC1)COC1CCCC1. The van der Waals surface area contributed by atoms with Gasteiger partial charge in [-0.3, -0.25) is 0 Å². The summed E-state index contributed by atoms with van der Waals surface area (Å²) in [6, 6.07) is 0.776. The quantitative estimate of drug-likeness (QED) is 0.656. The first-order chi connectivity index (χ1) is 6.84. The molecule has 0 atom stereocenters. The Bertz CT molecular complexity index is 192. The third kappa shape index (κ3) is 3.43. The van der Waals surface area contributed by atoms with Crippen LogP contribution in [0.4, 0.5) is 0 Å². The topological polar surface area (TPSA) is 21.3 Å². The van der Waals surface area contributed by atoms with E-state index in [0.29, 0.717) is 6.10 Å². The first-order valence-electron chi connectivity index (χ1n) is 5.86. The van der Waals surface area contributed by atoms with Gasteiger partial charge in [-0.1, -0.05) is 19.4 Å². The van der Waals surface area contributed by atoms with E-state index in [-0.39, 0.29) is 0 Å². The highest BCUT2D eigenvalue weighted by Crippen LogP contribution is 2.21. The van der Waals surface area contributed by atoms with Crippen LogP contribution in [0, 0.1) is 0 Å². The molecule has 2 nitrogen and oxygen atoms in total. The summed E-state index contributed by atoms with van der Waals surface area (Å²) in [6.07, 6.45) is 8.41. The van der Waals surface area contributed by atoms with Gasteiger partial charge in [-0.25, -0.2) is 0 Å². The summed E-state index contributed by atoms with van der Waals surface area (Å²) >= 11 is 0. The zero-order chi connectivity index (χ0) is 9.80. The Labute approximate surface area is 86.7 Å². The molecule has 0 unspecified atom stereocenters. The molecule has 80 valence electrons. The van der Waals surface area contributed by atoms with Crippen LogP contribution in [0.3, 0.4) is 0 Å². The summed E-state index contributed by atoms with van der Waals surface area (Å²) in [6.45, 7) is 5.72. The first-order valence-corrected chi connectivity index (χ1v) is 5.86. The molecule has 14 heavy (non-hydrogen) atoms. The average molecular weight is 195 g/mol. The van der Waals surface area contributed by atoms with E-state index in [1.54, 1.807) is 0 Å². The van der Waals surface area contributed by atoms with E-state index in [9.17, 15) is 0 Å². The normalized spacial score (nSPS) is 22.9. The van der Waals surface area contributed by atoms with E-state index >= 15 is 0 Å². The first kappa shape index (κ1) is 10.2. The van der Waals surface area contributed by atoms with Crippen molar-refractivity contribution in [1.29, 1.82) is 0 Å². The fourth-order valence-electron chi connectivity index (χ4n) is 1.92. The molecule has 0 aromatic heterocycles. The lowest BCUT2D eigenvalue weighted by Gasteiger charge is -2.12. The maximum atomic E-state index is 5.78. The Morgan fingerprint density at radius 2 is 1.93 bits per heavy atom. The summed E-state index contributed by atoms with van der Waals surface area (Å²) in [5.74, 6) is 0. The summed E-state index contributed by atoms with van der Waals surface area (Å²) in [4.78, 5) is 0. The maximum Gasteiger partial charge on any atom is 0.0690 e. The number of rotatable bonds is 6. The predicted octanol–water partition coefficient (Wildman–Crippen LogP) is 2.25. The molecule has 0 bridgehead atoms. The van der Waals surface area contributed by atoms with Gasteiger partial charge in [0.25, 0.3) is 0 Å². The second kappa shape index (κ2) is 4.94. The molecule has 0 saturated heterocycles. The van der Waals surface area contributed by atoms with Gasteiger partial charge < -0.3 is 10.1 Å². The Morgan fingerprint density at radius 1 is 1.21 bits per heavy atom. The zero-order valence-electron chi connectivity index (χ0n) is 8.93. The van der Waals surface area contributed by atoms with Crippen molar-refractivity contribution >= 4 is 0 Å². The van der Waals surface area contributed by atoms with Crippen molar-refractivity contribution in [3.8, 4) is 0 Å². The van der Waals surface area contributed by atoms with Crippen molar-refractivity contribution in [3.63, 3.8) is 0 Å². The molecular weight excluding hydrogens is 174 g/mol. The van der Waals surface area contributed by atoms with Crippen molar-refractivity contribution in [2.24, 2.45) is 0 Å². The van der Waals surface area contributed by atoms with Crippen LogP contribution in [0.15, 0.2) is 12.2 Å². The van der Waals surface area contributed by atoms with Gasteiger partial charge >= 0.3 is 0 Å². The van der Waals surface area contributed by atoms with Crippen molar-refractivity contribution in [3.05, 3.63) is 12.2 Å². The van der Waals surface area contributed by atoms with Crippen LogP contribution in [0.1, 0.15) is 38.5 Å². The molecular formula is C12H21NO. The molecule has 2 fully saturated rings. The van der Waals surface area contributed by atoms with Crippen molar-refractivity contribution < 1.29 is 4.74 Å². The van der Waals surface area contributed by atoms with Crippen LogP contribution in [0.5, 0.6) is 0 Å². The molecule has 2 aliphatic rings. The smallest absolute Gasteiger partial charge is 0.0690 e. The summed E-state index contributed by atoms with van der Waals surface area (Å²) in [5.41, 5.74) is 1.20. The highest BCUT2D eigenvalue weighted by atomic mass is 16.5. The Kier molecular flexibility index (Phi) is 3.60. The van der Waals surface area contributed by atoms with Gasteiger partial charge in [0.15, 0.2) is 0 Å². The molecule has 0 spiro atoms. The minimum Gasteiger partial charge on any atom is -0.374 e. The zero-order valence-corrected chi connectivity index (χ0v) is 8.93. The molecule has 0 aromatic rings. The Hall–Kier alpha value is -0.340. The van der Waals surface area contributed by atoms with Crippen LogP contribution < -0.4 is 5.32 Å². The van der Waals surface area contributed by atoms with Crippen LogP contribution in [-0.2, 0) is 4.74 Å². The van der Waals surface area contributed by atoms with Gasteiger partial charge in [-0.2, -0.15) is 0 Å². The lowest BCUT2D eigenvalue weighted by molar-refractivity contribution is 0.0745. The van der Waals surface area contributed by atoms with Crippen LogP contribution in [0.2, 0.25) is 0 Å². The number of hydrogen-bond acceptors (Lipinski definition) is 2. The van der Waals surface area contributed by atoms with Gasteiger partial charge in [0.1, 0.15) is 0 Å². The maximum absolute atomic E-state index is 5.78. The predicted molar refractivity (Wildman–Crippen MR) is 58.4 cm³/mol. The standard InChI is InChI=1S/C12H21NO/c1-10(8-13-11-6-7-11)9-14-12-4-2-3-5-12/h11-13H,1-9H2. The van der Waals surface area contributed by atoms with E-state index in [1.807, 2.05) is 0 Å². The molecule has 2 heteroatoms. The molecule has 2 rings (SSSR count). The third-order valence-corrected chi connectivity index (χ3v) is 3.04. The number of nitrogens with one attached hydrogen (secondary N) is 1. The van der Waals surface area contributed by atoms with Gasteiger partial charge in [-0.05, 0) is 31.3 Å². The van der Waals surface area contributed by atoms with E-state index in [0.717, 1.165) is 19.2 Å². The fourth-order valence-corrected chi connectivity index (χ4v) is 1.92. The molecule has 0 amide bonds. The lowest BCUT2D eigenvalue weighted by atomic mass is 10.3. The van der Waals surface area contributed by atoms with Crippen LogP contribution >= 0.6 is 0 Å². The van der Waals surface area contributed by atoms with E-state index in [4.69, 9.17) is 4.74 Å². The highest BCUT2D eigenvalue weighted by molar-refractivity contribution is 4.99. The second-order valence-electron chi connectivity index (χ2n) is 4.62. The third-order valence-electron chi connectivity index (χ3n) is 3.04. The summed E-state index contributed by atoms with van der Waals surface area (Å²) in [7, 11) is 0. The van der Waals surface area contributed by atoms with Crippen LogP contribution in [-0.4, -0.2) is 25.3 Å². The fraction of sp³-hybridized carbons (Fsp3) is 0.833. The lowest BCUT2D eigenvalue weighted by Crippen LogP contribution is -2.22. The van der Waals surface area contributed by atoms with Crippen molar-refractivity contribution in [1.82, 2.24) is 5.32 Å². The summed E-state index contributed by atoms with van der Waals surface area (Å²) < 4.78 is 5.78. The number of hydrogen-bond donors (Lipinski definition) is 1. The van der Waals surface area contributed by atoms with Gasteiger partial charge in [0.05, 0.1) is 12.7 Å². The minimum atomic E-state index is 0.521. The number of ether oxygens (including phenoxy) is 1. The monoisotopic (exact) mass is 195 g/mol. The largest absolute Gasteiger partial charge is 0.374 e. The molecule has 1 N–H and O–H groups in total. The highest BCUT2D eigenvalue weighted by Gasteiger charge is 2.20. The second-order valence-corrected chi connectivity index (χ2v) is 4.62. The molecule has 0 aliphatic heterocycles. The Balaban J connectivity index is 1.52. The molecule has 2 aliphatic carbocycles.